The first-order valence-corrected chi connectivity index (χ1v) is 2.41. The van der Waals surface area contributed by atoms with E-state index in [1.807, 2.05) is 13.0 Å². The van der Waals surface area contributed by atoms with Crippen molar-refractivity contribution in [3.05, 3.63) is 36.6 Å². The zero-order valence-corrected chi connectivity index (χ0v) is 4.96. The Kier molecular flexibility index (Phi) is 3.67. The van der Waals surface area contributed by atoms with Crippen LogP contribution in [0.5, 0.6) is 0 Å². The van der Waals surface area contributed by atoms with E-state index < -0.39 is 0 Å². The third kappa shape index (κ3) is 3.22. The van der Waals surface area contributed by atoms with Crippen molar-refractivity contribution in [2.24, 2.45) is 0 Å². The standard InChI is InChI=1S/C7H10O/c1-3-4-7(2)5-6-8/h3-6,8H,1H2,2H3. The van der Waals surface area contributed by atoms with Crippen molar-refractivity contribution in [1.29, 1.82) is 0 Å². The fourth-order valence-corrected chi connectivity index (χ4v) is 0.359. The number of allylic oxidation sites excluding steroid dienone is 4. The summed E-state index contributed by atoms with van der Waals surface area (Å²) < 4.78 is 0. The molecule has 0 saturated heterocycles. The number of hydrogen-bond acceptors (Lipinski definition) is 1. The van der Waals surface area contributed by atoms with Crippen LogP contribution in [-0.2, 0) is 0 Å². The molecule has 0 bridgehead atoms. The van der Waals surface area contributed by atoms with Crippen molar-refractivity contribution in [2.75, 3.05) is 0 Å². The van der Waals surface area contributed by atoms with Crippen molar-refractivity contribution in [3.63, 3.8) is 0 Å². The topological polar surface area (TPSA) is 20.2 Å². The molecule has 0 aliphatic rings. The molecular weight excluding hydrogens is 100 g/mol. The van der Waals surface area contributed by atoms with Gasteiger partial charge in [-0.05, 0) is 18.6 Å². The Labute approximate surface area is 49.7 Å². The molecule has 0 aromatic rings. The Hall–Kier alpha value is -0.980. The second kappa shape index (κ2) is 4.19. The number of hydrogen-bond donors (Lipinski definition) is 1. The monoisotopic (exact) mass is 110 g/mol. The number of aliphatic hydroxyl groups excluding tert-OH is 1. The van der Waals surface area contributed by atoms with Crippen LogP contribution in [0.2, 0.25) is 0 Å². The number of aliphatic hydroxyl groups is 1. The van der Waals surface area contributed by atoms with Crippen LogP contribution in [0, 0.1) is 0 Å². The van der Waals surface area contributed by atoms with Gasteiger partial charge in [0.05, 0.1) is 6.26 Å². The van der Waals surface area contributed by atoms with Gasteiger partial charge in [-0.25, -0.2) is 0 Å². The van der Waals surface area contributed by atoms with Crippen LogP contribution in [0.25, 0.3) is 0 Å². The van der Waals surface area contributed by atoms with Crippen molar-refractivity contribution < 1.29 is 5.11 Å². The normalized spacial score (nSPS) is 12.4. The van der Waals surface area contributed by atoms with Gasteiger partial charge >= 0.3 is 0 Å². The first kappa shape index (κ1) is 7.02. The highest BCUT2D eigenvalue weighted by Gasteiger charge is 1.72. The molecule has 0 aromatic carbocycles. The molecule has 0 heterocycles. The first-order chi connectivity index (χ1) is 3.81. The van der Waals surface area contributed by atoms with E-state index in [1.165, 1.54) is 0 Å². The van der Waals surface area contributed by atoms with Gasteiger partial charge in [0.15, 0.2) is 0 Å². The van der Waals surface area contributed by atoms with Crippen LogP contribution in [0.4, 0.5) is 0 Å². The Morgan fingerprint density at radius 1 is 1.62 bits per heavy atom. The fraction of sp³-hybridized carbons (Fsp3) is 0.143. The Bertz CT molecular complexity index is 120. The van der Waals surface area contributed by atoms with Gasteiger partial charge in [0.1, 0.15) is 0 Å². The summed E-state index contributed by atoms with van der Waals surface area (Å²) in [5.41, 5.74) is 0.988. The molecule has 0 radical (unpaired) electrons. The quantitative estimate of drug-likeness (QED) is 0.426. The van der Waals surface area contributed by atoms with Crippen LogP contribution in [0.1, 0.15) is 6.92 Å². The summed E-state index contributed by atoms with van der Waals surface area (Å²) >= 11 is 0. The average molecular weight is 110 g/mol. The van der Waals surface area contributed by atoms with Crippen LogP contribution >= 0.6 is 0 Å². The predicted octanol–water partition coefficient (Wildman–Crippen LogP) is 2.19. The molecule has 0 aliphatic carbocycles. The van der Waals surface area contributed by atoms with E-state index in [1.54, 1.807) is 12.2 Å². The lowest BCUT2D eigenvalue weighted by molar-refractivity contribution is 0.473. The van der Waals surface area contributed by atoms with Crippen LogP contribution in [0.3, 0.4) is 0 Å². The highest BCUT2D eigenvalue weighted by atomic mass is 16.2. The third-order valence-electron chi connectivity index (χ3n) is 0.718. The minimum Gasteiger partial charge on any atom is -0.516 e. The Balaban J connectivity index is 3.79. The SMILES string of the molecule is C=CC=C(C)C=CO. The molecule has 0 spiro atoms. The summed E-state index contributed by atoms with van der Waals surface area (Å²) in [6.07, 6.45) is 6.10. The molecule has 0 aromatic heterocycles. The molecule has 0 atom stereocenters. The lowest BCUT2D eigenvalue weighted by Crippen LogP contribution is -1.63. The zero-order valence-electron chi connectivity index (χ0n) is 4.96. The maximum atomic E-state index is 8.21. The molecule has 44 valence electrons. The highest BCUT2D eigenvalue weighted by molar-refractivity contribution is 5.18. The first-order valence-electron chi connectivity index (χ1n) is 2.41. The summed E-state index contributed by atoms with van der Waals surface area (Å²) in [5.74, 6) is 0. The fourth-order valence-electron chi connectivity index (χ4n) is 0.359. The van der Waals surface area contributed by atoms with E-state index in [2.05, 4.69) is 6.58 Å². The average Bonchev–Trinajstić information content (AvgIpc) is 1.68. The second-order valence-corrected chi connectivity index (χ2v) is 1.46. The van der Waals surface area contributed by atoms with E-state index in [9.17, 15) is 0 Å². The molecule has 1 heteroatoms. The van der Waals surface area contributed by atoms with Gasteiger partial charge in [-0.1, -0.05) is 18.7 Å². The highest BCUT2D eigenvalue weighted by Crippen LogP contribution is 1.92. The van der Waals surface area contributed by atoms with Crippen molar-refractivity contribution in [3.8, 4) is 0 Å². The van der Waals surface area contributed by atoms with E-state index in [4.69, 9.17) is 5.11 Å². The molecule has 0 fully saturated rings. The van der Waals surface area contributed by atoms with Crippen LogP contribution in [-0.4, -0.2) is 5.11 Å². The van der Waals surface area contributed by atoms with E-state index in [0.29, 0.717) is 0 Å². The van der Waals surface area contributed by atoms with Gasteiger partial charge in [0.25, 0.3) is 0 Å². The van der Waals surface area contributed by atoms with Gasteiger partial charge in [-0.15, -0.1) is 0 Å². The summed E-state index contributed by atoms with van der Waals surface area (Å²) in [6, 6.07) is 0. The molecule has 8 heavy (non-hydrogen) atoms. The van der Waals surface area contributed by atoms with E-state index in [-0.39, 0.29) is 0 Å². The lowest BCUT2D eigenvalue weighted by atomic mass is 10.3. The van der Waals surface area contributed by atoms with Crippen molar-refractivity contribution in [1.82, 2.24) is 0 Å². The minimum atomic E-state index is 0.988. The van der Waals surface area contributed by atoms with Crippen molar-refractivity contribution >= 4 is 0 Å². The van der Waals surface area contributed by atoms with E-state index in [0.717, 1.165) is 11.8 Å². The van der Waals surface area contributed by atoms with Gasteiger partial charge in [-0.2, -0.15) is 0 Å². The maximum Gasteiger partial charge on any atom is 0.0794 e. The molecule has 0 aliphatic heterocycles. The maximum absolute atomic E-state index is 8.21. The summed E-state index contributed by atoms with van der Waals surface area (Å²) in [6.45, 7) is 5.37. The molecule has 1 N–H and O–H groups in total. The van der Waals surface area contributed by atoms with E-state index >= 15 is 0 Å². The third-order valence-corrected chi connectivity index (χ3v) is 0.718. The largest absolute Gasteiger partial charge is 0.516 e. The van der Waals surface area contributed by atoms with Crippen LogP contribution in [0.15, 0.2) is 36.6 Å². The van der Waals surface area contributed by atoms with Gasteiger partial charge in [-0.3, -0.25) is 0 Å². The Morgan fingerprint density at radius 3 is 2.62 bits per heavy atom. The molecule has 0 rings (SSSR count). The summed E-state index contributed by atoms with van der Waals surface area (Å²) in [5, 5.41) is 8.21. The molecule has 0 saturated carbocycles. The molecule has 0 unspecified atom stereocenters. The van der Waals surface area contributed by atoms with Crippen LogP contribution < -0.4 is 0 Å². The van der Waals surface area contributed by atoms with Gasteiger partial charge in [0.2, 0.25) is 0 Å². The number of rotatable bonds is 2. The summed E-state index contributed by atoms with van der Waals surface area (Å²) in [4.78, 5) is 0. The zero-order chi connectivity index (χ0) is 6.41. The molecule has 0 amide bonds. The smallest absolute Gasteiger partial charge is 0.0794 e. The van der Waals surface area contributed by atoms with Gasteiger partial charge < -0.3 is 5.11 Å². The summed E-state index contributed by atoms with van der Waals surface area (Å²) in [7, 11) is 0. The lowest BCUT2D eigenvalue weighted by Gasteiger charge is -1.82. The van der Waals surface area contributed by atoms with Gasteiger partial charge in [0, 0.05) is 0 Å². The second-order valence-electron chi connectivity index (χ2n) is 1.46. The Morgan fingerprint density at radius 2 is 2.25 bits per heavy atom. The molecule has 1 nitrogen and oxygen atoms in total. The predicted molar refractivity (Wildman–Crippen MR) is 35.7 cm³/mol. The minimum absolute atomic E-state index is 0.988. The molecular formula is C7H10O. The van der Waals surface area contributed by atoms with Crippen molar-refractivity contribution in [2.45, 2.75) is 6.92 Å².